The molecule has 6 heteroatoms. The van der Waals surface area contributed by atoms with Gasteiger partial charge in [0.25, 0.3) is 0 Å². The first-order valence-corrected chi connectivity index (χ1v) is 14.1. The number of methoxy groups -OCH3 is 1. The molecule has 35 heavy (non-hydrogen) atoms. The summed E-state index contributed by atoms with van der Waals surface area (Å²) in [6, 6.07) is 4.67. The van der Waals surface area contributed by atoms with E-state index in [1.165, 1.54) is 51.7 Å². The normalized spacial score (nSPS) is 19.4. The number of carbonyl (C=O) groups excluding carboxylic acids is 1. The van der Waals surface area contributed by atoms with Gasteiger partial charge in [-0.05, 0) is 86.8 Å². The van der Waals surface area contributed by atoms with Gasteiger partial charge in [-0.15, -0.1) is 11.3 Å². The standard InChI is InChI=1S/C29H39N3O2S/c1-4-21-14-22(23(19-33)16-27(21)34-3)17-30(2)10-5-6-11-31-12-13-32-25(18-31)15-24-20-35-28-9-7-8-26(32)29(24)28/h8,14,16,19-20,25H,4-7,9-13,15,17-18H2,1-3H3. The van der Waals surface area contributed by atoms with Crippen LogP contribution in [0.2, 0.25) is 0 Å². The van der Waals surface area contributed by atoms with Crippen LogP contribution in [-0.4, -0.2) is 73.9 Å². The van der Waals surface area contributed by atoms with E-state index in [2.05, 4.69) is 46.2 Å². The van der Waals surface area contributed by atoms with Crippen LogP contribution < -0.4 is 4.74 Å². The lowest BCUT2D eigenvalue weighted by atomic mass is 9.88. The number of ether oxygens (including phenoxy) is 1. The highest BCUT2D eigenvalue weighted by Gasteiger charge is 2.36. The van der Waals surface area contributed by atoms with E-state index in [-0.39, 0.29) is 0 Å². The maximum absolute atomic E-state index is 11.6. The maximum Gasteiger partial charge on any atom is 0.150 e. The van der Waals surface area contributed by atoms with Crippen molar-refractivity contribution in [3.05, 3.63) is 56.3 Å². The van der Waals surface area contributed by atoms with Crippen molar-refractivity contribution in [1.29, 1.82) is 0 Å². The summed E-state index contributed by atoms with van der Waals surface area (Å²) in [5.41, 5.74) is 7.74. The highest BCUT2D eigenvalue weighted by molar-refractivity contribution is 7.10. The Bertz CT molecular complexity index is 1090. The molecule has 1 unspecified atom stereocenters. The Morgan fingerprint density at radius 1 is 1.23 bits per heavy atom. The number of aldehydes is 1. The second kappa shape index (κ2) is 10.9. The van der Waals surface area contributed by atoms with Crippen LogP contribution in [0.4, 0.5) is 0 Å². The minimum absolute atomic E-state index is 0.635. The Balaban J connectivity index is 1.10. The summed E-state index contributed by atoms with van der Waals surface area (Å²) < 4.78 is 5.46. The summed E-state index contributed by atoms with van der Waals surface area (Å²) in [6.07, 6.45) is 10.4. The Labute approximate surface area is 214 Å². The third kappa shape index (κ3) is 5.07. The van der Waals surface area contributed by atoms with Gasteiger partial charge in [0.1, 0.15) is 5.75 Å². The van der Waals surface area contributed by atoms with Crippen LogP contribution in [0.25, 0.3) is 5.70 Å². The first kappa shape index (κ1) is 24.5. The molecule has 0 N–H and O–H groups in total. The number of hydrogen-bond acceptors (Lipinski definition) is 6. The summed E-state index contributed by atoms with van der Waals surface area (Å²) in [6.45, 7) is 8.67. The molecule has 5 nitrogen and oxygen atoms in total. The van der Waals surface area contributed by atoms with Crippen molar-refractivity contribution in [3.8, 4) is 5.75 Å². The number of unbranched alkanes of at least 4 members (excludes halogenated alkanes) is 1. The lowest BCUT2D eigenvalue weighted by molar-refractivity contribution is 0.111. The van der Waals surface area contributed by atoms with Crippen LogP contribution in [0.15, 0.2) is 23.6 Å². The maximum atomic E-state index is 11.6. The third-order valence-electron chi connectivity index (χ3n) is 7.99. The van der Waals surface area contributed by atoms with E-state index >= 15 is 0 Å². The minimum atomic E-state index is 0.635. The number of aryl methyl sites for hydroxylation is 2. The first-order chi connectivity index (χ1) is 17.1. The summed E-state index contributed by atoms with van der Waals surface area (Å²) in [7, 11) is 3.83. The number of fused-ring (bicyclic) bond motifs is 2. The predicted molar refractivity (Wildman–Crippen MR) is 145 cm³/mol. The average molecular weight is 494 g/mol. The van der Waals surface area contributed by atoms with Gasteiger partial charge in [0.15, 0.2) is 6.29 Å². The van der Waals surface area contributed by atoms with Crippen molar-refractivity contribution in [2.45, 2.75) is 58.0 Å². The zero-order valence-corrected chi connectivity index (χ0v) is 22.3. The molecule has 2 aliphatic heterocycles. The van der Waals surface area contributed by atoms with Crippen LogP contribution in [0, 0.1) is 0 Å². The first-order valence-electron chi connectivity index (χ1n) is 13.2. The van der Waals surface area contributed by atoms with Gasteiger partial charge in [-0.2, -0.15) is 0 Å². The van der Waals surface area contributed by atoms with Gasteiger partial charge in [0.2, 0.25) is 0 Å². The van der Waals surface area contributed by atoms with E-state index in [9.17, 15) is 4.79 Å². The molecule has 1 fully saturated rings. The molecule has 1 atom stereocenters. The Morgan fingerprint density at radius 3 is 2.91 bits per heavy atom. The molecule has 0 amide bonds. The van der Waals surface area contributed by atoms with Gasteiger partial charge in [0, 0.05) is 53.9 Å². The van der Waals surface area contributed by atoms with Gasteiger partial charge in [0.05, 0.1) is 7.11 Å². The largest absolute Gasteiger partial charge is 0.496 e. The van der Waals surface area contributed by atoms with E-state index < -0.39 is 0 Å². The predicted octanol–water partition coefficient (Wildman–Crippen LogP) is 4.87. The minimum Gasteiger partial charge on any atom is -0.496 e. The number of thiophene rings is 1. The van der Waals surface area contributed by atoms with Crippen molar-refractivity contribution in [1.82, 2.24) is 14.7 Å². The van der Waals surface area contributed by atoms with Crippen LogP contribution in [0.1, 0.15) is 63.7 Å². The topological polar surface area (TPSA) is 36.0 Å². The summed E-state index contributed by atoms with van der Waals surface area (Å²) in [5, 5.41) is 2.43. The second-order valence-corrected chi connectivity index (χ2v) is 11.3. The molecule has 1 aliphatic carbocycles. The van der Waals surface area contributed by atoms with Gasteiger partial charge >= 0.3 is 0 Å². The van der Waals surface area contributed by atoms with Crippen LogP contribution >= 0.6 is 11.3 Å². The van der Waals surface area contributed by atoms with Crippen molar-refractivity contribution in [2.75, 3.05) is 46.9 Å². The fraction of sp³-hybridized carbons (Fsp3) is 0.552. The molecule has 1 aromatic carbocycles. The molecule has 0 radical (unpaired) electrons. The molecule has 1 saturated heterocycles. The van der Waals surface area contributed by atoms with Crippen LogP contribution in [0.5, 0.6) is 5.75 Å². The zero-order chi connectivity index (χ0) is 24.4. The number of carbonyl (C=O) groups is 1. The fourth-order valence-electron chi connectivity index (χ4n) is 6.14. The number of allylic oxidation sites excluding steroid dienone is 1. The second-order valence-electron chi connectivity index (χ2n) is 10.3. The molecule has 5 rings (SSSR count). The van der Waals surface area contributed by atoms with Crippen molar-refractivity contribution in [3.63, 3.8) is 0 Å². The lowest BCUT2D eigenvalue weighted by Crippen LogP contribution is -2.54. The molecule has 2 aromatic rings. The molecule has 0 saturated carbocycles. The quantitative estimate of drug-likeness (QED) is 0.349. The Kier molecular flexibility index (Phi) is 7.61. The number of rotatable bonds is 10. The van der Waals surface area contributed by atoms with Crippen molar-refractivity contribution < 1.29 is 9.53 Å². The molecule has 0 bridgehead atoms. The summed E-state index contributed by atoms with van der Waals surface area (Å²) in [4.78, 5) is 21.0. The number of hydrogen-bond donors (Lipinski definition) is 0. The van der Waals surface area contributed by atoms with E-state index in [1.807, 2.05) is 17.4 Å². The summed E-state index contributed by atoms with van der Waals surface area (Å²) >= 11 is 1.98. The SMILES string of the molecule is CCc1cc(CN(C)CCCCN2CCN3C4=CCCc5scc(c54)CC3C2)c(C=O)cc1OC. The lowest BCUT2D eigenvalue weighted by Gasteiger charge is -2.47. The van der Waals surface area contributed by atoms with Gasteiger partial charge in [-0.25, -0.2) is 0 Å². The van der Waals surface area contributed by atoms with E-state index in [0.717, 1.165) is 54.8 Å². The molecular formula is C29H39N3O2S. The molecule has 3 heterocycles. The average Bonchev–Trinajstić information content (AvgIpc) is 3.30. The van der Waals surface area contributed by atoms with E-state index in [4.69, 9.17) is 4.74 Å². The molecular weight excluding hydrogens is 454 g/mol. The molecule has 1 aromatic heterocycles. The zero-order valence-electron chi connectivity index (χ0n) is 21.5. The highest BCUT2D eigenvalue weighted by Crippen LogP contribution is 2.42. The van der Waals surface area contributed by atoms with Crippen LogP contribution in [-0.2, 0) is 25.8 Å². The number of benzene rings is 1. The number of nitrogens with zero attached hydrogens (tertiary/aromatic N) is 3. The van der Waals surface area contributed by atoms with Crippen LogP contribution in [0.3, 0.4) is 0 Å². The fourth-order valence-corrected chi connectivity index (χ4v) is 7.23. The van der Waals surface area contributed by atoms with Gasteiger partial charge in [-0.3, -0.25) is 9.69 Å². The Hall–Kier alpha value is -2.15. The van der Waals surface area contributed by atoms with E-state index in [0.29, 0.717) is 6.04 Å². The molecule has 188 valence electrons. The van der Waals surface area contributed by atoms with Crippen molar-refractivity contribution in [2.24, 2.45) is 0 Å². The number of piperazine rings is 1. The summed E-state index contributed by atoms with van der Waals surface area (Å²) in [5.74, 6) is 0.814. The van der Waals surface area contributed by atoms with E-state index in [1.54, 1.807) is 28.8 Å². The molecule has 3 aliphatic rings. The van der Waals surface area contributed by atoms with Gasteiger partial charge < -0.3 is 14.5 Å². The smallest absolute Gasteiger partial charge is 0.150 e. The monoisotopic (exact) mass is 493 g/mol. The Morgan fingerprint density at radius 2 is 2.11 bits per heavy atom. The molecule has 0 spiro atoms. The third-order valence-corrected chi connectivity index (χ3v) is 9.09. The van der Waals surface area contributed by atoms with Gasteiger partial charge in [-0.1, -0.05) is 19.1 Å². The van der Waals surface area contributed by atoms with Crippen molar-refractivity contribution >= 4 is 23.3 Å². The highest BCUT2D eigenvalue weighted by atomic mass is 32.1.